The van der Waals surface area contributed by atoms with Crippen molar-refractivity contribution in [3.8, 4) is 5.75 Å². The smallest absolute Gasteiger partial charge is 0.261 e. The Bertz CT molecular complexity index is 1080. The summed E-state index contributed by atoms with van der Waals surface area (Å²) in [5.41, 5.74) is 2.01. The lowest BCUT2D eigenvalue weighted by Gasteiger charge is -2.10. The molecule has 0 saturated heterocycles. The first-order valence-corrected chi connectivity index (χ1v) is 11.1. The number of ether oxygens (including phenoxy) is 1. The van der Waals surface area contributed by atoms with E-state index in [-0.39, 0.29) is 10.8 Å². The molecule has 0 aliphatic rings. The molecule has 0 aromatic heterocycles. The minimum atomic E-state index is -3.71. The molecule has 0 aliphatic carbocycles. The van der Waals surface area contributed by atoms with Gasteiger partial charge in [-0.25, -0.2) is 8.42 Å². The molecule has 30 heavy (non-hydrogen) atoms. The number of amides is 1. The van der Waals surface area contributed by atoms with E-state index in [0.29, 0.717) is 30.8 Å². The highest BCUT2D eigenvalue weighted by Crippen LogP contribution is 2.16. The Hall–Kier alpha value is -3.32. The highest BCUT2D eigenvalue weighted by atomic mass is 32.2. The molecule has 0 saturated carbocycles. The lowest BCUT2D eigenvalue weighted by molar-refractivity contribution is 0.0951. The van der Waals surface area contributed by atoms with E-state index in [2.05, 4.69) is 10.0 Å². The van der Waals surface area contributed by atoms with Crippen molar-refractivity contribution in [2.45, 2.75) is 18.2 Å². The number of rotatable bonds is 9. The van der Waals surface area contributed by atoms with Crippen molar-refractivity contribution in [2.24, 2.45) is 0 Å². The SMILES string of the molecule is Cc1cccc(OCCCNC(=O)c2ccc(S(=O)(=O)Nc3ccccc3)cc2)c1. The van der Waals surface area contributed by atoms with Gasteiger partial charge >= 0.3 is 0 Å². The monoisotopic (exact) mass is 424 g/mol. The summed E-state index contributed by atoms with van der Waals surface area (Å²) in [7, 11) is -3.71. The highest BCUT2D eigenvalue weighted by Gasteiger charge is 2.15. The third-order valence-electron chi connectivity index (χ3n) is 4.32. The number of sulfonamides is 1. The second kappa shape index (κ2) is 9.93. The van der Waals surface area contributed by atoms with Crippen LogP contribution in [0.5, 0.6) is 5.75 Å². The predicted octanol–water partition coefficient (Wildman–Crippen LogP) is 3.99. The van der Waals surface area contributed by atoms with Crippen LogP contribution in [0.2, 0.25) is 0 Å². The first-order chi connectivity index (χ1) is 14.4. The van der Waals surface area contributed by atoms with Gasteiger partial charge < -0.3 is 10.1 Å². The second-order valence-corrected chi connectivity index (χ2v) is 8.45. The summed E-state index contributed by atoms with van der Waals surface area (Å²) < 4.78 is 33.0. The molecule has 2 N–H and O–H groups in total. The quantitative estimate of drug-likeness (QED) is 0.509. The Morgan fingerprint density at radius 3 is 2.37 bits per heavy atom. The minimum Gasteiger partial charge on any atom is -0.494 e. The Morgan fingerprint density at radius 1 is 0.933 bits per heavy atom. The molecule has 0 bridgehead atoms. The summed E-state index contributed by atoms with van der Waals surface area (Å²) in [6.45, 7) is 2.95. The standard InChI is InChI=1S/C23H24N2O4S/c1-18-7-5-10-21(17-18)29-16-6-15-24-23(26)19-11-13-22(14-12-19)30(27,28)25-20-8-3-2-4-9-20/h2-5,7-14,17,25H,6,15-16H2,1H3,(H,24,26). The Morgan fingerprint density at radius 2 is 1.67 bits per heavy atom. The van der Waals surface area contributed by atoms with Crippen LogP contribution >= 0.6 is 0 Å². The third kappa shape index (κ3) is 6.09. The first-order valence-electron chi connectivity index (χ1n) is 9.60. The fourth-order valence-electron chi connectivity index (χ4n) is 2.78. The van der Waals surface area contributed by atoms with Crippen molar-refractivity contribution in [3.63, 3.8) is 0 Å². The molecule has 0 aliphatic heterocycles. The summed E-state index contributed by atoms with van der Waals surface area (Å²) in [6.07, 6.45) is 0.660. The minimum absolute atomic E-state index is 0.0921. The van der Waals surface area contributed by atoms with Crippen molar-refractivity contribution in [3.05, 3.63) is 90.0 Å². The fraction of sp³-hybridized carbons (Fsp3) is 0.174. The van der Waals surface area contributed by atoms with Crippen LogP contribution < -0.4 is 14.8 Å². The van der Waals surface area contributed by atoms with E-state index in [0.717, 1.165) is 11.3 Å². The van der Waals surface area contributed by atoms with E-state index < -0.39 is 10.0 Å². The fourth-order valence-corrected chi connectivity index (χ4v) is 3.84. The number of carbonyl (C=O) groups is 1. The molecule has 0 spiro atoms. The van der Waals surface area contributed by atoms with Crippen LogP contribution in [0, 0.1) is 6.92 Å². The van der Waals surface area contributed by atoms with E-state index >= 15 is 0 Å². The van der Waals surface area contributed by atoms with Crippen molar-refractivity contribution in [2.75, 3.05) is 17.9 Å². The van der Waals surface area contributed by atoms with E-state index in [1.54, 1.807) is 30.3 Å². The van der Waals surface area contributed by atoms with Crippen molar-refractivity contribution >= 4 is 21.6 Å². The molecule has 0 unspecified atom stereocenters. The van der Waals surface area contributed by atoms with Gasteiger partial charge in [-0.2, -0.15) is 0 Å². The van der Waals surface area contributed by atoms with Crippen LogP contribution in [0.3, 0.4) is 0 Å². The van der Waals surface area contributed by atoms with Gasteiger partial charge in [-0.05, 0) is 67.4 Å². The number of nitrogens with one attached hydrogen (secondary N) is 2. The largest absolute Gasteiger partial charge is 0.494 e. The highest BCUT2D eigenvalue weighted by molar-refractivity contribution is 7.92. The maximum Gasteiger partial charge on any atom is 0.261 e. The molecular weight excluding hydrogens is 400 g/mol. The zero-order valence-corrected chi connectivity index (χ0v) is 17.5. The van der Waals surface area contributed by atoms with Gasteiger partial charge in [0.25, 0.3) is 15.9 Å². The number of carbonyl (C=O) groups excluding carboxylic acids is 1. The van der Waals surface area contributed by atoms with Gasteiger partial charge in [-0.3, -0.25) is 9.52 Å². The Kier molecular flexibility index (Phi) is 7.08. The molecule has 1 amide bonds. The molecule has 7 heteroatoms. The van der Waals surface area contributed by atoms with Crippen molar-refractivity contribution in [1.29, 1.82) is 0 Å². The summed E-state index contributed by atoms with van der Waals surface area (Å²) in [5.74, 6) is 0.549. The van der Waals surface area contributed by atoms with Crippen molar-refractivity contribution in [1.82, 2.24) is 5.32 Å². The van der Waals surface area contributed by atoms with Crippen LogP contribution in [0.4, 0.5) is 5.69 Å². The molecular formula is C23H24N2O4S. The van der Waals surface area contributed by atoms with Gasteiger partial charge in [0.15, 0.2) is 0 Å². The van der Waals surface area contributed by atoms with Crippen LogP contribution in [-0.4, -0.2) is 27.5 Å². The number of hydrogen-bond acceptors (Lipinski definition) is 4. The molecule has 3 aromatic carbocycles. The van der Waals surface area contributed by atoms with Crippen LogP contribution in [0.1, 0.15) is 22.3 Å². The normalized spacial score (nSPS) is 11.0. The molecule has 0 heterocycles. The van der Waals surface area contributed by atoms with Crippen LogP contribution in [0.25, 0.3) is 0 Å². The zero-order valence-electron chi connectivity index (χ0n) is 16.7. The maximum atomic E-state index is 12.4. The van der Waals surface area contributed by atoms with E-state index in [4.69, 9.17) is 4.74 Å². The lowest BCUT2D eigenvalue weighted by Crippen LogP contribution is -2.25. The molecule has 0 radical (unpaired) electrons. The van der Waals surface area contributed by atoms with E-state index in [9.17, 15) is 13.2 Å². The van der Waals surface area contributed by atoms with Crippen LogP contribution in [-0.2, 0) is 10.0 Å². The lowest BCUT2D eigenvalue weighted by atomic mass is 10.2. The molecule has 3 rings (SSSR count). The summed E-state index contributed by atoms with van der Waals surface area (Å²) in [6, 6.07) is 22.3. The molecule has 3 aromatic rings. The summed E-state index contributed by atoms with van der Waals surface area (Å²) >= 11 is 0. The number of para-hydroxylation sites is 1. The maximum absolute atomic E-state index is 12.4. The van der Waals surface area contributed by atoms with Crippen LogP contribution in [0.15, 0.2) is 83.8 Å². The summed E-state index contributed by atoms with van der Waals surface area (Å²) in [4.78, 5) is 12.3. The molecule has 6 nitrogen and oxygen atoms in total. The van der Waals surface area contributed by atoms with E-state index in [1.165, 1.54) is 24.3 Å². The Labute approximate surface area is 177 Å². The zero-order chi connectivity index (χ0) is 21.4. The van der Waals surface area contributed by atoms with Gasteiger partial charge in [-0.15, -0.1) is 0 Å². The predicted molar refractivity (Wildman–Crippen MR) is 117 cm³/mol. The number of hydrogen-bond donors (Lipinski definition) is 2. The van der Waals surface area contributed by atoms with Gasteiger partial charge in [0.2, 0.25) is 0 Å². The Balaban J connectivity index is 1.47. The number of aryl methyl sites for hydroxylation is 1. The molecule has 0 atom stereocenters. The van der Waals surface area contributed by atoms with Gasteiger partial charge in [0, 0.05) is 17.8 Å². The van der Waals surface area contributed by atoms with E-state index in [1.807, 2.05) is 31.2 Å². The van der Waals surface area contributed by atoms with Gasteiger partial charge in [0.1, 0.15) is 5.75 Å². The number of benzene rings is 3. The van der Waals surface area contributed by atoms with Crippen molar-refractivity contribution < 1.29 is 17.9 Å². The van der Waals surface area contributed by atoms with Gasteiger partial charge in [0.05, 0.1) is 11.5 Å². The average Bonchev–Trinajstić information content (AvgIpc) is 2.74. The first kappa shape index (κ1) is 21.4. The molecule has 156 valence electrons. The van der Waals surface area contributed by atoms with Gasteiger partial charge in [-0.1, -0.05) is 30.3 Å². The average molecular weight is 425 g/mol. The third-order valence-corrected chi connectivity index (χ3v) is 5.71. The number of anilines is 1. The second-order valence-electron chi connectivity index (χ2n) is 6.77. The summed E-state index contributed by atoms with van der Waals surface area (Å²) in [5, 5.41) is 2.81. The molecule has 0 fully saturated rings. The topological polar surface area (TPSA) is 84.5 Å².